The van der Waals surface area contributed by atoms with Crippen LogP contribution in [0.15, 0.2) is 30.3 Å². The molecule has 0 amide bonds. The van der Waals surface area contributed by atoms with E-state index in [9.17, 15) is 4.79 Å². The van der Waals surface area contributed by atoms with Crippen molar-refractivity contribution in [1.29, 1.82) is 0 Å². The molecule has 2 atom stereocenters. The summed E-state index contributed by atoms with van der Waals surface area (Å²) in [7, 11) is 1.62. The number of hydrogen-bond acceptors (Lipinski definition) is 5. The summed E-state index contributed by atoms with van der Waals surface area (Å²) in [5.74, 6) is -0.177. The third-order valence-corrected chi connectivity index (χ3v) is 3.87. The van der Waals surface area contributed by atoms with Crippen molar-refractivity contribution in [2.45, 2.75) is 38.5 Å². The van der Waals surface area contributed by atoms with Gasteiger partial charge in [0.2, 0.25) is 0 Å². The molecule has 0 aromatic heterocycles. The smallest absolute Gasteiger partial charge is 0.320 e. The second kappa shape index (κ2) is 8.12. The normalized spacial score (nSPS) is 23.0. The van der Waals surface area contributed by atoms with Gasteiger partial charge in [0.1, 0.15) is 6.61 Å². The van der Waals surface area contributed by atoms with E-state index in [1.165, 1.54) is 0 Å². The lowest BCUT2D eigenvalue weighted by molar-refractivity contribution is -0.147. The van der Waals surface area contributed by atoms with Gasteiger partial charge < -0.3 is 9.57 Å². The molecule has 0 saturated carbocycles. The number of benzene rings is 1. The van der Waals surface area contributed by atoms with Crippen molar-refractivity contribution in [2.75, 3.05) is 20.2 Å². The van der Waals surface area contributed by atoms with Gasteiger partial charge >= 0.3 is 5.97 Å². The summed E-state index contributed by atoms with van der Waals surface area (Å²) in [6, 6.07) is 10.4. The molecule has 2 rings (SSSR count). The highest BCUT2D eigenvalue weighted by molar-refractivity contribution is 5.71. The average molecular weight is 292 g/mol. The Morgan fingerprint density at radius 1 is 1.33 bits per heavy atom. The SMILES string of the molecule is CONC1CC[C@@H](C)N(CC(=O)OCc2ccccc2)C1. The van der Waals surface area contributed by atoms with E-state index in [-0.39, 0.29) is 12.0 Å². The van der Waals surface area contributed by atoms with E-state index >= 15 is 0 Å². The zero-order valence-electron chi connectivity index (χ0n) is 12.7. The number of likely N-dealkylation sites (tertiary alicyclic amines) is 1. The summed E-state index contributed by atoms with van der Waals surface area (Å²) in [5, 5.41) is 0. The largest absolute Gasteiger partial charge is 0.460 e. The maximum absolute atomic E-state index is 12.0. The number of carbonyl (C=O) groups is 1. The molecule has 1 fully saturated rings. The van der Waals surface area contributed by atoms with Gasteiger partial charge in [0.05, 0.1) is 13.7 Å². The minimum atomic E-state index is -0.177. The van der Waals surface area contributed by atoms with Crippen LogP contribution in [0.2, 0.25) is 0 Å². The first-order chi connectivity index (χ1) is 10.2. The number of hydroxylamine groups is 1. The lowest BCUT2D eigenvalue weighted by Gasteiger charge is -2.37. The molecule has 1 N–H and O–H groups in total. The lowest BCUT2D eigenvalue weighted by Crippen LogP contribution is -2.50. The molecule has 1 heterocycles. The van der Waals surface area contributed by atoms with Crippen LogP contribution >= 0.6 is 0 Å². The Balaban J connectivity index is 1.78. The second-order valence-corrected chi connectivity index (χ2v) is 5.52. The highest BCUT2D eigenvalue weighted by atomic mass is 16.6. The molecule has 0 bridgehead atoms. The van der Waals surface area contributed by atoms with E-state index in [0.717, 1.165) is 24.9 Å². The van der Waals surface area contributed by atoms with Crippen molar-refractivity contribution in [3.63, 3.8) is 0 Å². The van der Waals surface area contributed by atoms with E-state index in [4.69, 9.17) is 9.57 Å². The Morgan fingerprint density at radius 3 is 2.81 bits per heavy atom. The Labute approximate surface area is 126 Å². The van der Waals surface area contributed by atoms with Gasteiger partial charge in [-0.15, -0.1) is 0 Å². The molecule has 1 aliphatic rings. The van der Waals surface area contributed by atoms with Gasteiger partial charge in [-0.25, -0.2) is 0 Å². The third kappa shape index (κ3) is 5.12. The van der Waals surface area contributed by atoms with Crippen LogP contribution in [0.3, 0.4) is 0 Å². The van der Waals surface area contributed by atoms with Crippen LogP contribution in [0.4, 0.5) is 0 Å². The summed E-state index contributed by atoms with van der Waals surface area (Å²) in [6.07, 6.45) is 2.11. The van der Waals surface area contributed by atoms with Crippen LogP contribution in [0, 0.1) is 0 Å². The Morgan fingerprint density at radius 2 is 2.10 bits per heavy atom. The summed E-state index contributed by atoms with van der Waals surface area (Å²) in [6.45, 7) is 3.61. The van der Waals surface area contributed by atoms with Crippen LogP contribution in [-0.4, -0.2) is 43.2 Å². The number of hydrogen-bond donors (Lipinski definition) is 1. The quantitative estimate of drug-likeness (QED) is 0.639. The fraction of sp³-hybridized carbons (Fsp3) is 0.562. The fourth-order valence-corrected chi connectivity index (χ4v) is 2.61. The highest BCUT2D eigenvalue weighted by Crippen LogP contribution is 2.17. The molecular weight excluding hydrogens is 268 g/mol. The first kappa shape index (κ1) is 15.9. The Hall–Kier alpha value is -1.43. The minimum absolute atomic E-state index is 0.177. The van der Waals surface area contributed by atoms with Gasteiger partial charge in [-0.05, 0) is 25.3 Å². The van der Waals surface area contributed by atoms with Crippen molar-refractivity contribution >= 4 is 5.97 Å². The molecule has 1 aromatic carbocycles. The molecule has 1 aromatic rings. The average Bonchev–Trinajstić information content (AvgIpc) is 2.50. The minimum Gasteiger partial charge on any atom is -0.460 e. The molecule has 0 aliphatic carbocycles. The number of carbonyl (C=O) groups excluding carboxylic acids is 1. The number of ether oxygens (including phenoxy) is 1. The molecule has 5 nitrogen and oxygen atoms in total. The van der Waals surface area contributed by atoms with Crippen LogP contribution < -0.4 is 5.48 Å². The van der Waals surface area contributed by atoms with Gasteiger partial charge in [0.15, 0.2) is 0 Å². The molecule has 5 heteroatoms. The van der Waals surface area contributed by atoms with E-state index < -0.39 is 0 Å². The predicted octanol–water partition coefficient (Wildman–Crippen LogP) is 1.73. The number of piperidine rings is 1. The fourth-order valence-electron chi connectivity index (χ4n) is 2.61. The summed E-state index contributed by atoms with van der Waals surface area (Å²) in [4.78, 5) is 19.1. The van der Waals surface area contributed by atoms with Crippen molar-refractivity contribution in [3.8, 4) is 0 Å². The van der Waals surface area contributed by atoms with E-state index in [2.05, 4.69) is 17.3 Å². The molecule has 1 aliphatic heterocycles. The number of nitrogens with zero attached hydrogens (tertiary/aromatic N) is 1. The Kier molecular flexibility index (Phi) is 6.17. The zero-order chi connectivity index (χ0) is 15.1. The van der Waals surface area contributed by atoms with Gasteiger partial charge in [-0.2, -0.15) is 5.48 Å². The third-order valence-electron chi connectivity index (χ3n) is 3.87. The molecule has 0 spiro atoms. The molecule has 1 unspecified atom stereocenters. The van der Waals surface area contributed by atoms with Crippen LogP contribution in [0.25, 0.3) is 0 Å². The summed E-state index contributed by atoms with van der Waals surface area (Å²) >= 11 is 0. The molecule has 0 radical (unpaired) electrons. The van der Waals surface area contributed by atoms with Gasteiger partial charge in [0, 0.05) is 18.6 Å². The summed E-state index contributed by atoms with van der Waals surface area (Å²) in [5.41, 5.74) is 3.98. The first-order valence-electron chi connectivity index (χ1n) is 7.41. The van der Waals surface area contributed by atoms with Crippen LogP contribution in [-0.2, 0) is 21.0 Å². The number of rotatable bonds is 6. The van der Waals surface area contributed by atoms with E-state index in [1.807, 2.05) is 30.3 Å². The molecule has 21 heavy (non-hydrogen) atoms. The van der Waals surface area contributed by atoms with E-state index in [0.29, 0.717) is 19.2 Å². The molecule has 116 valence electrons. The van der Waals surface area contributed by atoms with Gasteiger partial charge in [-0.1, -0.05) is 30.3 Å². The van der Waals surface area contributed by atoms with Crippen molar-refractivity contribution < 1.29 is 14.4 Å². The lowest BCUT2D eigenvalue weighted by atomic mass is 10.00. The maximum atomic E-state index is 12.0. The predicted molar refractivity (Wildman–Crippen MR) is 80.4 cm³/mol. The van der Waals surface area contributed by atoms with Gasteiger partial charge in [-0.3, -0.25) is 9.69 Å². The molecular formula is C16H24N2O3. The number of esters is 1. The highest BCUT2D eigenvalue weighted by Gasteiger charge is 2.27. The van der Waals surface area contributed by atoms with Crippen molar-refractivity contribution in [1.82, 2.24) is 10.4 Å². The van der Waals surface area contributed by atoms with Crippen LogP contribution in [0.1, 0.15) is 25.3 Å². The first-order valence-corrected chi connectivity index (χ1v) is 7.41. The number of nitrogens with one attached hydrogen (secondary N) is 1. The van der Waals surface area contributed by atoms with Crippen molar-refractivity contribution in [3.05, 3.63) is 35.9 Å². The zero-order valence-corrected chi connectivity index (χ0v) is 12.7. The van der Waals surface area contributed by atoms with Crippen LogP contribution in [0.5, 0.6) is 0 Å². The standard InChI is InChI=1S/C16H24N2O3/c1-13-8-9-15(17-20-2)10-18(13)11-16(19)21-12-14-6-4-3-5-7-14/h3-7,13,15,17H,8-12H2,1-2H3/t13-,15?/m1/s1. The molecule has 1 saturated heterocycles. The monoisotopic (exact) mass is 292 g/mol. The summed E-state index contributed by atoms with van der Waals surface area (Å²) < 4.78 is 5.34. The second-order valence-electron chi connectivity index (χ2n) is 5.52. The van der Waals surface area contributed by atoms with Crippen molar-refractivity contribution in [2.24, 2.45) is 0 Å². The van der Waals surface area contributed by atoms with E-state index in [1.54, 1.807) is 7.11 Å². The maximum Gasteiger partial charge on any atom is 0.320 e. The Bertz CT molecular complexity index is 438. The van der Waals surface area contributed by atoms with Gasteiger partial charge in [0.25, 0.3) is 0 Å². The topological polar surface area (TPSA) is 50.8 Å².